The third-order valence-electron chi connectivity index (χ3n) is 2.46. The summed E-state index contributed by atoms with van der Waals surface area (Å²) < 4.78 is 7.13. The molecule has 4 heteroatoms. The van der Waals surface area contributed by atoms with E-state index in [2.05, 4.69) is 21.8 Å². The van der Waals surface area contributed by atoms with Crippen molar-refractivity contribution in [2.75, 3.05) is 20.3 Å². The van der Waals surface area contributed by atoms with Gasteiger partial charge in [-0.3, -0.25) is 0 Å². The number of aromatic nitrogens is 2. The zero-order valence-electron chi connectivity index (χ0n) is 9.86. The van der Waals surface area contributed by atoms with E-state index in [-0.39, 0.29) is 0 Å². The first-order valence-electron chi connectivity index (χ1n) is 5.49. The Kier molecular flexibility index (Phi) is 5.36. The molecular weight excluding hydrogens is 190 g/mol. The predicted octanol–water partition coefficient (Wildman–Crippen LogP) is 1.50. The second-order valence-electron chi connectivity index (χ2n) is 3.64. The topological polar surface area (TPSA) is 39.1 Å². The summed E-state index contributed by atoms with van der Waals surface area (Å²) in [5.74, 6) is 1.10. The van der Waals surface area contributed by atoms with Crippen LogP contribution in [-0.4, -0.2) is 29.8 Å². The number of hydrogen-bond acceptors (Lipinski definition) is 3. The fraction of sp³-hybridized carbons (Fsp3) is 0.727. The Balaban J connectivity index is 2.53. The number of aryl methyl sites for hydroxylation is 1. The van der Waals surface area contributed by atoms with Gasteiger partial charge in [0.05, 0.1) is 6.04 Å². The van der Waals surface area contributed by atoms with Crippen LogP contribution in [0, 0.1) is 0 Å². The van der Waals surface area contributed by atoms with Crippen molar-refractivity contribution in [3.63, 3.8) is 0 Å². The van der Waals surface area contributed by atoms with Crippen LogP contribution < -0.4 is 5.32 Å². The van der Waals surface area contributed by atoms with Gasteiger partial charge in [-0.05, 0) is 19.4 Å². The van der Waals surface area contributed by atoms with Gasteiger partial charge in [0.2, 0.25) is 0 Å². The van der Waals surface area contributed by atoms with E-state index in [0.29, 0.717) is 6.04 Å². The maximum absolute atomic E-state index is 5.06. The number of ether oxygens (including phenoxy) is 1. The highest BCUT2D eigenvalue weighted by Gasteiger charge is 2.13. The number of imidazole rings is 1. The lowest BCUT2D eigenvalue weighted by Gasteiger charge is -2.17. The number of rotatable bonds is 7. The first-order chi connectivity index (χ1) is 7.29. The van der Waals surface area contributed by atoms with Gasteiger partial charge < -0.3 is 14.6 Å². The molecular formula is C11H21N3O. The van der Waals surface area contributed by atoms with E-state index in [9.17, 15) is 0 Å². The zero-order valence-corrected chi connectivity index (χ0v) is 9.86. The maximum Gasteiger partial charge on any atom is 0.125 e. The summed E-state index contributed by atoms with van der Waals surface area (Å²) in [6, 6.07) is 0.338. The van der Waals surface area contributed by atoms with Gasteiger partial charge in [-0.25, -0.2) is 4.98 Å². The molecule has 0 bridgehead atoms. The van der Waals surface area contributed by atoms with Crippen molar-refractivity contribution in [1.82, 2.24) is 14.9 Å². The molecule has 1 aromatic heterocycles. The van der Waals surface area contributed by atoms with Crippen molar-refractivity contribution in [2.45, 2.75) is 25.8 Å². The maximum atomic E-state index is 5.06. The smallest absolute Gasteiger partial charge is 0.125 e. The van der Waals surface area contributed by atoms with Crippen molar-refractivity contribution in [2.24, 2.45) is 7.05 Å². The molecule has 1 unspecified atom stereocenters. The number of nitrogens with one attached hydrogen (secondary N) is 1. The molecule has 1 heterocycles. The molecule has 86 valence electrons. The highest BCUT2D eigenvalue weighted by Crippen LogP contribution is 2.15. The van der Waals surface area contributed by atoms with Crippen molar-refractivity contribution < 1.29 is 4.74 Å². The van der Waals surface area contributed by atoms with Crippen LogP contribution in [0.25, 0.3) is 0 Å². The Morgan fingerprint density at radius 3 is 2.93 bits per heavy atom. The molecule has 0 saturated heterocycles. The van der Waals surface area contributed by atoms with Gasteiger partial charge in [0.25, 0.3) is 0 Å². The summed E-state index contributed by atoms with van der Waals surface area (Å²) in [6.45, 7) is 3.89. The zero-order chi connectivity index (χ0) is 11.1. The average Bonchev–Trinajstić information content (AvgIpc) is 2.64. The standard InChI is InChI=1S/C11H21N3O/c1-4-12-10(6-5-9-15-3)11-13-7-8-14(11)2/h7-8,10,12H,4-6,9H2,1-3H3. The molecule has 1 atom stereocenters. The van der Waals surface area contributed by atoms with Gasteiger partial charge in [-0.1, -0.05) is 6.92 Å². The molecule has 4 nitrogen and oxygen atoms in total. The van der Waals surface area contributed by atoms with Crippen LogP contribution in [0.3, 0.4) is 0 Å². The first-order valence-corrected chi connectivity index (χ1v) is 5.49. The lowest BCUT2D eigenvalue weighted by Crippen LogP contribution is -2.24. The molecule has 0 fully saturated rings. The highest BCUT2D eigenvalue weighted by molar-refractivity contribution is 4.98. The lowest BCUT2D eigenvalue weighted by atomic mass is 10.1. The van der Waals surface area contributed by atoms with Gasteiger partial charge in [-0.15, -0.1) is 0 Å². The van der Waals surface area contributed by atoms with E-state index >= 15 is 0 Å². The molecule has 1 rings (SSSR count). The van der Waals surface area contributed by atoms with E-state index in [0.717, 1.165) is 31.8 Å². The molecule has 0 aliphatic rings. The third kappa shape index (κ3) is 3.64. The quantitative estimate of drug-likeness (QED) is 0.695. The SMILES string of the molecule is CCNC(CCCOC)c1nccn1C. The van der Waals surface area contributed by atoms with Crippen LogP contribution in [0.1, 0.15) is 31.6 Å². The van der Waals surface area contributed by atoms with E-state index < -0.39 is 0 Å². The van der Waals surface area contributed by atoms with Gasteiger partial charge in [-0.2, -0.15) is 0 Å². The van der Waals surface area contributed by atoms with Crippen LogP contribution >= 0.6 is 0 Å². The molecule has 0 aliphatic carbocycles. The van der Waals surface area contributed by atoms with Gasteiger partial charge >= 0.3 is 0 Å². The van der Waals surface area contributed by atoms with Crippen LogP contribution in [-0.2, 0) is 11.8 Å². The predicted molar refractivity (Wildman–Crippen MR) is 60.7 cm³/mol. The second-order valence-corrected chi connectivity index (χ2v) is 3.64. The number of hydrogen-bond donors (Lipinski definition) is 1. The Hall–Kier alpha value is -0.870. The molecule has 0 amide bonds. The minimum Gasteiger partial charge on any atom is -0.385 e. The van der Waals surface area contributed by atoms with Gasteiger partial charge in [0, 0.05) is 33.2 Å². The fourth-order valence-corrected chi connectivity index (χ4v) is 1.71. The largest absolute Gasteiger partial charge is 0.385 e. The summed E-state index contributed by atoms with van der Waals surface area (Å²) in [4.78, 5) is 4.37. The monoisotopic (exact) mass is 211 g/mol. The Bertz CT molecular complexity index is 273. The van der Waals surface area contributed by atoms with Gasteiger partial charge in [0.1, 0.15) is 5.82 Å². The molecule has 0 spiro atoms. The molecule has 0 aromatic carbocycles. The lowest BCUT2D eigenvalue weighted by molar-refractivity contribution is 0.188. The fourth-order valence-electron chi connectivity index (χ4n) is 1.71. The Morgan fingerprint density at radius 1 is 1.60 bits per heavy atom. The number of nitrogens with zero attached hydrogens (tertiary/aromatic N) is 2. The minimum atomic E-state index is 0.338. The normalized spacial score (nSPS) is 13.0. The van der Waals surface area contributed by atoms with Crippen LogP contribution in [0.15, 0.2) is 12.4 Å². The van der Waals surface area contributed by atoms with Crippen molar-refractivity contribution in [1.29, 1.82) is 0 Å². The Labute approximate surface area is 91.7 Å². The van der Waals surface area contributed by atoms with Crippen molar-refractivity contribution in [3.8, 4) is 0 Å². The minimum absolute atomic E-state index is 0.338. The number of methoxy groups -OCH3 is 1. The summed E-state index contributed by atoms with van der Waals surface area (Å²) in [5.41, 5.74) is 0. The summed E-state index contributed by atoms with van der Waals surface area (Å²) in [6.07, 6.45) is 5.94. The van der Waals surface area contributed by atoms with E-state index in [1.807, 2.05) is 19.4 Å². The second kappa shape index (κ2) is 6.58. The summed E-state index contributed by atoms with van der Waals surface area (Å²) in [7, 11) is 3.77. The van der Waals surface area contributed by atoms with Crippen LogP contribution in [0.4, 0.5) is 0 Å². The molecule has 0 saturated carbocycles. The summed E-state index contributed by atoms with van der Waals surface area (Å²) in [5, 5.41) is 3.45. The van der Waals surface area contributed by atoms with E-state index in [4.69, 9.17) is 4.74 Å². The Morgan fingerprint density at radius 2 is 2.40 bits per heavy atom. The van der Waals surface area contributed by atoms with E-state index in [1.54, 1.807) is 7.11 Å². The molecule has 15 heavy (non-hydrogen) atoms. The first kappa shape index (κ1) is 12.2. The van der Waals surface area contributed by atoms with Gasteiger partial charge in [0.15, 0.2) is 0 Å². The van der Waals surface area contributed by atoms with Crippen LogP contribution in [0.5, 0.6) is 0 Å². The highest BCUT2D eigenvalue weighted by atomic mass is 16.5. The molecule has 0 aliphatic heterocycles. The molecule has 1 N–H and O–H groups in total. The van der Waals surface area contributed by atoms with E-state index in [1.165, 1.54) is 0 Å². The van der Waals surface area contributed by atoms with Crippen molar-refractivity contribution in [3.05, 3.63) is 18.2 Å². The third-order valence-corrected chi connectivity index (χ3v) is 2.46. The van der Waals surface area contributed by atoms with Crippen molar-refractivity contribution >= 4 is 0 Å². The molecule has 0 radical (unpaired) electrons. The average molecular weight is 211 g/mol. The summed E-state index contributed by atoms with van der Waals surface area (Å²) >= 11 is 0. The molecule has 1 aromatic rings. The van der Waals surface area contributed by atoms with Crippen LogP contribution in [0.2, 0.25) is 0 Å².